The van der Waals surface area contributed by atoms with Crippen LogP contribution in [-0.2, 0) is 4.74 Å². The molecule has 2 rings (SSSR count). The molecule has 3 heteroatoms. The Morgan fingerprint density at radius 3 is 1.24 bits per heavy atom. The lowest BCUT2D eigenvalue weighted by molar-refractivity contribution is 0.232. The molecule has 2 aromatic rings. The summed E-state index contributed by atoms with van der Waals surface area (Å²) in [6.45, 7) is 0. The van der Waals surface area contributed by atoms with Gasteiger partial charge in [0.25, 0.3) is 0 Å². The van der Waals surface area contributed by atoms with E-state index in [1.54, 1.807) is 0 Å². The predicted molar refractivity (Wildman–Crippen MR) is 74.4 cm³/mol. The largest absolute Gasteiger partial charge is 0.350 e. The number of ether oxygens (including phenoxy) is 1. The molecule has 0 aliphatic rings. The van der Waals surface area contributed by atoms with Crippen LogP contribution >= 0.6 is 23.2 Å². The first-order valence-corrected chi connectivity index (χ1v) is 6.25. The normalized spacial score (nSPS) is 9.29. The van der Waals surface area contributed by atoms with Crippen LogP contribution in [0, 0.1) is 0 Å². The van der Waals surface area contributed by atoms with Crippen LogP contribution in [0.1, 0.15) is 0 Å². The Morgan fingerprint density at radius 2 is 1.00 bits per heavy atom. The number of benzene rings is 2. The highest BCUT2D eigenvalue weighted by molar-refractivity contribution is 6.18. The molecule has 0 N–H and O–H groups in total. The molecule has 0 saturated heterocycles. The monoisotopic (exact) mass is 268 g/mol. The van der Waals surface area contributed by atoms with Crippen LogP contribution in [-0.4, -0.2) is 12.1 Å². The topological polar surface area (TPSA) is 9.23 Å². The summed E-state index contributed by atoms with van der Waals surface area (Å²) in [7, 11) is 0. The molecule has 1 nitrogen and oxygen atoms in total. The minimum absolute atomic E-state index is 0.184. The molecular formula is C14H14Cl2O. The van der Waals surface area contributed by atoms with E-state index in [9.17, 15) is 0 Å². The van der Waals surface area contributed by atoms with Gasteiger partial charge in [-0.3, -0.25) is 0 Å². The zero-order valence-electron chi connectivity index (χ0n) is 9.35. The van der Waals surface area contributed by atoms with Gasteiger partial charge in [0, 0.05) is 0 Å². The van der Waals surface area contributed by atoms with Gasteiger partial charge in [0.1, 0.15) is 12.1 Å². The summed E-state index contributed by atoms with van der Waals surface area (Å²) in [5.74, 6) is 0. The molecule has 0 aromatic heterocycles. The second-order valence-corrected chi connectivity index (χ2v) is 3.59. The number of hydrogen-bond acceptors (Lipinski definition) is 1. The van der Waals surface area contributed by atoms with Crippen molar-refractivity contribution in [1.29, 1.82) is 0 Å². The van der Waals surface area contributed by atoms with Crippen LogP contribution in [0.25, 0.3) is 11.1 Å². The highest BCUT2D eigenvalue weighted by atomic mass is 35.5. The Kier molecular flexibility index (Phi) is 7.48. The standard InChI is InChI=1S/C12H10.C2H4Cl2O/c1-3-7-11(8-4-1)12-9-5-2-6-10-12;3-1-5-2-4/h1-10H;1-2H2. The summed E-state index contributed by atoms with van der Waals surface area (Å²) in [5, 5.41) is 0. The maximum Gasteiger partial charge on any atom is 0.122 e. The lowest BCUT2D eigenvalue weighted by Gasteiger charge is -1.98. The Bertz CT molecular complexity index is 350. The molecule has 0 spiro atoms. The molecule has 0 atom stereocenters. The molecule has 0 amide bonds. The zero-order chi connectivity index (χ0) is 12.3. The van der Waals surface area contributed by atoms with Crippen LogP contribution in [0.4, 0.5) is 0 Å². The van der Waals surface area contributed by atoms with E-state index >= 15 is 0 Å². The Morgan fingerprint density at radius 1 is 0.647 bits per heavy atom. The van der Waals surface area contributed by atoms with E-state index in [4.69, 9.17) is 23.2 Å². The van der Waals surface area contributed by atoms with Gasteiger partial charge in [-0.25, -0.2) is 0 Å². The third-order valence-electron chi connectivity index (χ3n) is 2.04. The Hall–Kier alpha value is -1.02. The van der Waals surface area contributed by atoms with Crippen LogP contribution in [0.3, 0.4) is 0 Å². The number of alkyl halides is 2. The molecule has 0 bridgehead atoms. The van der Waals surface area contributed by atoms with Crippen LogP contribution in [0.2, 0.25) is 0 Å². The van der Waals surface area contributed by atoms with Crippen molar-refractivity contribution < 1.29 is 4.74 Å². The molecule has 0 unspecified atom stereocenters. The quantitative estimate of drug-likeness (QED) is 0.730. The summed E-state index contributed by atoms with van der Waals surface area (Å²) in [6.07, 6.45) is 0. The SMILES string of the molecule is ClCOCCl.c1ccc(-c2ccccc2)cc1. The Balaban J connectivity index is 0.000000249. The van der Waals surface area contributed by atoms with Crippen molar-refractivity contribution in [3.63, 3.8) is 0 Å². The van der Waals surface area contributed by atoms with E-state index in [1.807, 2.05) is 12.1 Å². The van der Waals surface area contributed by atoms with Crippen molar-refractivity contribution in [1.82, 2.24) is 0 Å². The van der Waals surface area contributed by atoms with Crippen molar-refractivity contribution >= 4 is 23.2 Å². The van der Waals surface area contributed by atoms with Gasteiger partial charge in [-0.1, -0.05) is 83.9 Å². The lowest BCUT2D eigenvalue weighted by Crippen LogP contribution is -1.78. The molecule has 0 aliphatic carbocycles. The maximum absolute atomic E-state index is 4.99. The van der Waals surface area contributed by atoms with Crippen molar-refractivity contribution in [2.75, 3.05) is 12.1 Å². The molecule has 90 valence electrons. The van der Waals surface area contributed by atoms with Crippen molar-refractivity contribution in [2.45, 2.75) is 0 Å². The van der Waals surface area contributed by atoms with E-state index in [-0.39, 0.29) is 12.1 Å². The molecule has 0 aliphatic heterocycles. The third-order valence-corrected chi connectivity index (χ3v) is 2.34. The van der Waals surface area contributed by atoms with E-state index in [2.05, 4.69) is 53.3 Å². The average molecular weight is 269 g/mol. The number of rotatable bonds is 3. The van der Waals surface area contributed by atoms with Gasteiger partial charge in [0.15, 0.2) is 0 Å². The lowest BCUT2D eigenvalue weighted by atomic mass is 10.1. The second kappa shape index (κ2) is 9.06. The predicted octanol–water partition coefficient (Wildman–Crippen LogP) is 4.75. The highest BCUT2D eigenvalue weighted by Gasteiger charge is 1.91. The van der Waals surface area contributed by atoms with E-state index in [0.29, 0.717) is 0 Å². The summed E-state index contributed by atoms with van der Waals surface area (Å²) in [5.41, 5.74) is 2.55. The van der Waals surface area contributed by atoms with Crippen molar-refractivity contribution in [2.24, 2.45) is 0 Å². The van der Waals surface area contributed by atoms with Gasteiger partial charge in [-0.2, -0.15) is 0 Å². The van der Waals surface area contributed by atoms with E-state index in [0.717, 1.165) is 0 Å². The first-order valence-electron chi connectivity index (χ1n) is 5.18. The zero-order valence-corrected chi connectivity index (χ0v) is 10.9. The maximum atomic E-state index is 4.99. The Labute approximate surface area is 112 Å². The molecule has 0 radical (unpaired) electrons. The highest BCUT2D eigenvalue weighted by Crippen LogP contribution is 2.17. The fourth-order valence-electron chi connectivity index (χ4n) is 1.29. The smallest absolute Gasteiger partial charge is 0.122 e. The van der Waals surface area contributed by atoms with Gasteiger partial charge < -0.3 is 4.74 Å². The fraction of sp³-hybridized carbons (Fsp3) is 0.143. The van der Waals surface area contributed by atoms with Gasteiger partial charge in [0.2, 0.25) is 0 Å². The fourth-order valence-corrected chi connectivity index (χ4v) is 1.52. The molecule has 0 fully saturated rings. The first-order chi connectivity index (χ1) is 8.38. The molecular weight excluding hydrogens is 255 g/mol. The third kappa shape index (κ3) is 5.73. The average Bonchev–Trinajstić information content (AvgIpc) is 2.42. The molecule has 0 heterocycles. The summed E-state index contributed by atoms with van der Waals surface area (Å²) in [4.78, 5) is 0. The summed E-state index contributed by atoms with van der Waals surface area (Å²) >= 11 is 9.99. The van der Waals surface area contributed by atoms with Gasteiger partial charge >= 0.3 is 0 Å². The van der Waals surface area contributed by atoms with E-state index < -0.39 is 0 Å². The van der Waals surface area contributed by atoms with Crippen molar-refractivity contribution in [3.8, 4) is 11.1 Å². The number of halogens is 2. The first kappa shape index (κ1) is 14.0. The van der Waals surface area contributed by atoms with Crippen LogP contribution in [0.5, 0.6) is 0 Å². The van der Waals surface area contributed by atoms with Gasteiger partial charge in [-0.15, -0.1) is 0 Å². The molecule has 2 aromatic carbocycles. The second-order valence-electron chi connectivity index (χ2n) is 3.15. The summed E-state index contributed by atoms with van der Waals surface area (Å²) in [6, 6.07) is 21.1. The van der Waals surface area contributed by atoms with Gasteiger partial charge in [-0.05, 0) is 11.1 Å². The summed E-state index contributed by atoms with van der Waals surface area (Å²) < 4.78 is 4.36. The van der Waals surface area contributed by atoms with E-state index in [1.165, 1.54) is 11.1 Å². The van der Waals surface area contributed by atoms with Crippen molar-refractivity contribution in [3.05, 3.63) is 60.7 Å². The van der Waals surface area contributed by atoms with Crippen LogP contribution < -0.4 is 0 Å². The molecule has 17 heavy (non-hydrogen) atoms. The van der Waals surface area contributed by atoms with Gasteiger partial charge in [0.05, 0.1) is 0 Å². The van der Waals surface area contributed by atoms with Crippen LogP contribution in [0.15, 0.2) is 60.7 Å². The minimum atomic E-state index is 0.184. The number of hydrogen-bond donors (Lipinski definition) is 0. The molecule has 0 saturated carbocycles. The minimum Gasteiger partial charge on any atom is -0.350 e.